The van der Waals surface area contributed by atoms with E-state index >= 15 is 0 Å². The van der Waals surface area contributed by atoms with Crippen LogP contribution in [0.15, 0.2) is 54.6 Å². The molecule has 124 valence electrons. The molecule has 0 aliphatic carbocycles. The summed E-state index contributed by atoms with van der Waals surface area (Å²) in [4.78, 5) is 28.1. The molecule has 0 bridgehead atoms. The number of carbonyl (C=O) groups is 2. The third-order valence-corrected chi connectivity index (χ3v) is 4.14. The van der Waals surface area contributed by atoms with Crippen molar-refractivity contribution in [2.24, 2.45) is 0 Å². The molecule has 5 nitrogen and oxygen atoms in total. The van der Waals surface area contributed by atoms with Crippen molar-refractivity contribution in [2.75, 3.05) is 23.4 Å². The van der Waals surface area contributed by atoms with Crippen LogP contribution in [0.4, 0.5) is 11.4 Å². The monoisotopic (exact) mass is 324 g/mol. The summed E-state index contributed by atoms with van der Waals surface area (Å²) in [5.74, 6) is 0.517. The number of rotatable bonds is 4. The van der Waals surface area contributed by atoms with E-state index in [2.05, 4.69) is 0 Å². The fourth-order valence-electron chi connectivity index (χ4n) is 2.76. The van der Waals surface area contributed by atoms with Crippen LogP contribution >= 0.6 is 0 Å². The molecule has 0 unspecified atom stereocenters. The van der Waals surface area contributed by atoms with Crippen LogP contribution in [0.2, 0.25) is 0 Å². The second-order valence-electron chi connectivity index (χ2n) is 5.76. The van der Waals surface area contributed by atoms with Gasteiger partial charge in [0.05, 0.1) is 5.69 Å². The van der Waals surface area contributed by atoms with Crippen LogP contribution in [0.1, 0.15) is 13.3 Å². The highest BCUT2D eigenvalue weighted by Gasteiger charge is 2.31. The SMILES string of the molecule is C[C@H]1Oc2ccccc2N(CCC(=O)N(C)c2ccccc2)C1=O. The third kappa shape index (κ3) is 3.11. The predicted molar refractivity (Wildman–Crippen MR) is 93.4 cm³/mol. The summed E-state index contributed by atoms with van der Waals surface area (Å²) < 4.78 is 5.61. The largest absolute Gasteiger partial charge is 0.479 e. The standard InChI is InChI=1S/C19H20N2O3/c1-14-19(23)21(16-10-6-7-11-17(16)24-14)13-12-18(22)20(2)15-8-4-3-5-9-15/h3-11,14H,12-13H2,1-2H3/t14-/m1/s1. The first kappa shape index (κ1) is 16.1. The Morgan fingerprint density at radius 1 is 1.12 bits per heavy atom. The summed E-state index contributed by atoms with van der Waals surface area (Å²) in [6.07, 6.45) is -0.292. The quantitative estimate of drug-likeness (QED) is 0.869. The summed E-state index contributed by atoms with van der Waals surface area (Å²) in [6, 6.07) is 16.9. The average Bonchev–Trinajstić information content (AvgIpc) is 2.62. The molecular formula is C19H20N2O3. The smallest absolute Gasteiger partial charge is 0.267 e. The van der Waals surface area contributed by atoms with Crippen LogP contribution in [-0.2, 0) is 9.59 Å². The second kappa shape index (κ2) is 6.74. The summed E-state index contributed by atoms with van der Waals surface area (Å²) in [5, 5.41) is 0. The lowest BCUT2D eigenvalue weighted by atomic mass is 10.1. The molecule has 24 heavy (non-hydrogen) atoms. The molecule has 0 fully saturated rings. The van der Waals surface area contributed by atoms with Gasteiger partial charge in [-0.05, 0) is 31.2 Å². The molecule has 0 saturated carbocycles. The zero-order chi connectivity index (χ0) is 17.1. The van der Waals surface area contributed by atoms with Gasteiger partial charge in [-0.1, -0.05) is 30.3 Å². The number of nitrogens with zero attached hydrogens (tertiary/aromatic N) is 2. The van der Waals surface area contributed by atoms with Crippen molar-refractivity contribution in [1.82, 2.24) is 0 Å². The first-order valence-electron chi connectivity index (χ1n) is 7.96. The predicted octanol–water partition coefficient (Wildman–Crippen LogP) is 2.85. The van der Waals surface area contributed by atoms with E-state index in [1.165, 1.54) is 0 Å². The Balaban J connectivity index is 1.72. The number of para-hydroxylation sites is 3. The zero-order valence-electron chi connectivity index (χ0n) is 13.8. The molecule has 3 rings (SSSR count). The molecule has 1 atom stereocenters. The van der Waals surface area contributed by atoms with E-state index in [-0.39, 0.29) is 18.2 Å². The zero-order valence-corrected chi connectivity index (χ0v) is 13.8. The van der Waals surface area contributed by atoms with Crippen molar-refractivity contribution in [1.29, 1.82) is 0 Å². The Bertz CT molecular complexity index is 745. The number of amides is 2. The summed E-state index contributed by atoms with van der Waals surface area (Å²) in [6.45, 7) is 2.06. The van der Waals surface area contributed by atoms with Gasteiger partial charge in [-0.3, -0.25) is 9.59 Å². The topological polar surface area (TPSA) is 49.9 Å². The highest BCUT2D eigenvalue weighted by atomic mass is 16.5. The van der Waals surface area contributed by atoms with Gasteiger partial charge in [0.1, 0.15) is 5.75 Å². The maximum absolute atomic E-state index is 12.4. The lowest BCUT2D eigenvalue weighted by molar-refractivity contribution is -0.125. The minimum Gasteiger partial charge on any atom is -0.479 e. The first-order valence-corrected chi connectivity index (χ1v) is 7.96. The molecule has 0 aromatic heterocycles. The van der Waals surface area contributed by atoms with Gasteiger partial charge in [0, 0.05) is 25.7 Å². The number of fused-ring (bicyclic) bond motifs is 1. The minimum absolute atomic E-state index is 0.0365. The lowest BCUT2D eigenvalue weighted by Crippen LogP contribution is -2.45. The molecule has 2 aromatic rings. The first-order chi connectivity index (χ1) is 11.6. The van der Waals surface area contributed by atoms with E-state index in [1.54, 1.807) is 23.8 Å². The Labute approximate surface area is 141 Å². The van der Waals surface area contributed by atoms with Crippen LogP contribution in [0.3, 0.4) is 0 Å². The number of hydrogen-bond donors (Lipinski definition) is 0. The van der Waals surface area contributed by atoms with E-state index in [0.29, 0.717) is 12.3 Å². The van der Waals surface area contributed by atoms with Crippen LogP contribution in [0.5, 0.6) is 5.75 Å². The van der Waals surface area contributed by atoms with E-state index < -0.39 is 6.10 Å². The highest BCUT2D eigenvalue weighted by Crippen LogP contribution is 2.33. The highest BCUT2D eigenvalue weighted by molar-refractivity contribution is 6.01. The number of benzene rings is 2. The molecule has 2 aromatic carbocycles. The normalized spacial score (nSPS) is 16.3. The Hall–Kier alpha value is -2.82. The van der Waals surface area contributed by atoms with Gasteiger partial charge >= 0.3 is 0 Å². The van der Waals surface area contributed by atoms with Gasteiger partial charge in [-0.15, -0.1) is 0 Å². The molecular weight excluding hydrogens is 304 g/mol. The van der Waals surface area contributed by atoms with Crippen LogP contribution in [0.25, 0.3) is 0 Å². The molecule has 0 radical (unpaired) electrons. The van der Waals surface area contributed by atoms with Crippen LogP contribution in [-0.4, -0.2) is 31.5 Å². The molecule has 1 aliphatic heterocycles. The van der Waals surface area contributed by atoms with Gasteiger partial charge in [0.25, 0.3) is 5.91 Å². The van der Waals surface area contributed by atoms with Gasteiger partial charge in [-0.2, -0.15) is 0 Å². The number of carbonyl (C=O) groups excluding carboxylic acids is 2. The molecule has 0 spiro atoms. The van der Waals surface area contributed by atoms with Crippen molar-refractivity contribution in [3.63, 3.8) is 0 Å². The van der Waals surface area contributed by atoms with Gasteiger partial charge in [0.2, 0.25) is 5.91 Å². The molecule has 0 N–H and O–H groups in total. The number of ether oxygens (including phenoxy) is 1. The van der Waals surface area contributed by atoms with E-state index in [4.69, 9.17) is 4.74 Å². The molecule has 1 heterocycles. The molecule has 2 amide bonds. The van der Waals surface area contributed by atoms with Crippen molar-refractivity contribution < 1.29 is 14.3 Å². The average molecular weight is 324 g/mol. The van der Waals surface area contributed by atoms with Gasteiger partial charge < -0.3 is 14.5 Å². The number of anilines is 2. The third-order valence-electron chi connectivity index (χ3n) is 4.14. The van der Waals surface area contributed by atoms with E-state index in [1.807, 2.05) is 54.6 Å². The van der Waals surface area contributed by atoms with Gasteiger partial charge in [0.15, 0.2) is 6.10 Å². The Morgan fingerprint density at radius 3 is 2.54 bits per heavy atom. The fourth-order valence-corrected chi connectivity index (χ4v) is 2.76. The van der Waals surface area contributed by atoms with Gasteiger partial charge in [-0.25, -0.2) is 0 Å². The van der Waals surface area contributed by atoms with Crippen LogP contribution < -0.4 is 14.5 Å². The second-order valence-corrected chi connectivity index (χ2v) is 5.76. The van der Waals surface area contributed by atoms with Crippen molar-refractivity contribution in [2.45, 2.75) is 19.4 Å². The Morgan fingerprint density at radius 2 is 1.79 bits per heavy atom. The molecule has 1 aliphatic rings. The van der Waals surface area contributed by atoms with Crippen LogP contribution in [0, 0.1) is 0 Å². The maximum atomic E-state index is 12.4. The van der Waals surface area contributed by atoms with Crippen molar-refractivity contribution in [3.8, 4) is 5.75 Å². The summed E-state index contributed by atoms with van der Waals surface area (Å²) in [7, 11) is 1.75. The molecule has 0 saturated heterocycles. The number of hydrogen-bond acceptors (Lipinski definition) is 3. The van der Waals surface area contributed by atoms with E-state index in [9.17, 15) is 9.59 Å². The molecule has 5 heteroatoms. The van der Waals surface area contributed by atoms with E-state index in [0.717, 1.165) is 11.4 Å². The fraction of sp³-hybridized carbons (Fsp3) is 0.263. The van der Waals surface area contributed by atoms with Crippen molar-refractivity contribution >= 4 is 23.2 Å². The lowest BCUT2D eigenvalue weighted by Gasteiger charge is -2.33. The summed E-state index contributed by atoms with van der Waals surface area (Å²) >= 11 is 0. The Kier molecular flexibility index (Phi) is 4.51. The van der Waals surface area contributed by atoms with Crippen molar-refractivity contribution in [3.05, 3.63) is 54.6 Å². The maximum Gasteiger partial charge on any atom is 0.267 e. The minimum atomic E-state index is -0.540. The summed E-state index contributed by atoms with van der Waals surface area (Å²) in [5.41, 5.74) is 1.56.